The summed E-state index contributed by atoms with van der Waals surface area (Å²) in [5, 5.41) is 9.15. The third-order valence-corrected chi connectivity index (χ3v) is 3.11. The largest absolute Gasteiger partial charge is 0.508 e. The highest BCUT2D eigenvalue weighted by molar-refractivity contribution is 6.10. The molecule has 0 atom stereocenters. The first-order valence-corrected chi connectivity index (χ1v) is 7.10. The van der Waals surface area contributed by atoms with E-state index in [2.05, 4.69) is 0 Å². The molecular formula is C19H14F2O3. The number of rotatable bonds is 6. The third kappa shape index (κ3) is 5.28. The molecule has 5 heteroatoms. The lowest BCUT2D eigenvalue weighted by atomic mass is 10.1. The van der Waals surface area contributed by atoms with Crippen molar-refractivity contribution in [2.45, 2.75) is 6.42 Å². The summed E-state index contributed by atoms with van der Waals surface area (Å²) < 4.78 is 25.8. The van der Waals surface area contributed by atoms with E-state index < -0.39 is 17.4 Å². The van der Waals surface area contributed by atoms with Gasteiger partial charge >= 0.3 is 0 Å². The lowest BCUT2D eigenvalue weighted by Crippen LogP contribution is -2.01. The molecule has 2 rings (SSSR count). The molecule has 0 spiro atoms. The Kier molecular flexibility index (Phi) is 5.73. The predicted molar refractivity (Wildman–Crippen MR) is 87.2 cm³/mol. The number of allylic oxidation sites excluding steroid dienone is 2. The van der Waals surface area contributed by atoms with Gasteiger partial charge < -0.3 is 5.11 Å². The summed E-state index contributed by atoms with van der Waals surface area (Å²) in [6, 6.07) is 9.49. The molecule has 122 valence electrons. The topological polar surface area (TPSA) is 54.4 Å². The highest BCUT2D eigenvalue weighted by Gasteiger charge is 2.04. The quantitative estimate of drug-likeness (QED) is 0.646. The number of hydrogen-bond acceptors (Lipinski definition) is 3. The van der Waals surface area contributed by atoms with Crippen molar-refractivity contribution < 1.29 is 23.5 Å². The van der Waals surface area contributed by atoms with E-state index in [-0.39, 0.29) is 18.0 Å². The number of benzene rings is 2. The average Bonchev–Trinajstić information content (AvgIpc) is 2.55. The molecular weight excluding hydrogens is 314 g/mol. The zero-order chi connectivity index (χ0) is 17.5. The van der Waals surface area contributed by atoms with Crippen molar-refractivity contribution in [3.63, 3.8) is 0 Å². The Morgan fingerprint density at radius 1 is 0.833 bits per heavy atom. The van der Waals surface area contributed by atoms with Gasteiger partial charge in [-0.3, -0.25) is 9.59 Å². The van der Waals surface area contributed by atoms with E-state index in [1.807, 2.05) is 0 Å². The van der Waals surface area contributed by atoms with E-state index in [1.165, 1.54) is 36.4 Å². The first kappa shape index (κ1) is 17.3. The van der Waals surface area contributed by atoms with E-state index >= 15 is 0 Å². The zero-order valence-corrected chi connectivity index (χ0v) is 12.6. The monoisotopic (exact) mass is 328 g/mol. The number of carbonyl (C=O) groups excluding carboxylic acids is 2. The minimum atomic E-state index is -1.00. The first-order chi connectivity index (χ1) is 11.4. The fourth-order valence-corrected chi connectivity index (χ4v) is 1.87. The van der Waals surface area contributed by atoms with Crippen LogP contribution in [0.5, 0.6) is 5.75 Å². The Hall–Kier alpha value is -3.08. The molecule has 2 aromatic carbocycles. The minimum absolute atomic E-state index is 0.121. The van der Waals surface area contributed by atoms with E-state index in [9.17, 15) is 18.4 Å². The van der Waals surface area contributed by atoms with Crippen LogP contribution >= 0.6 is 0 Å². The van der Waals surface area contributed by atoms with Crippen molar-refractivity contribution in [2.75, 3.05) is 0 Å². The number of ketones is 2. The van der Waals surface area contributed by atoms with E-state index in [1.54, 1.807) is 12.1 Å². The van der Waals surface area contributed by atoms with Crippen LogP contribution in [0.3, 0.4) is 0 Å². The van der Waals surface area contributed by atoms with E-state index in [0.717, 1.165) is 18.2 Å². The molecule has 1 N–H and O–H groups in total. The number of hydrogen-bond donors (Lipinski definition) is 1. The highest BCUT2D eigenvalue weighted by Crippen LogP contribution is 2.12. The molecule has 0 aliphatic carbocycles. The van der Waals surface area contributed by atoms with Crippen molar-refractivity contribution in [1.29, 1.82) is 0 Å². The Labute approximate surface area is 137 Å². The first-order valence-electron chi connectivity index (χ1n) is 7.10. The molecule has 0 aliphatic rings. The molecule has 24 heavy (non-hydrogen) atoms. The predicted octanol–water partition coefficient (Wildman–Crippen LogP) is 3.93. The lowest BCUT2D eigenvalue weighted by Gasteiger charge is -1.96. The average molecular weight is 328 g/mol. The molecule has 0 fully saturated rings. The highest BCUT2D eigenvalue weighted by atomic mass is 19.2. The molecule has 0 saturated heterocycles. The van der Waals surface area contributed by atoms with Crippen LogP contribution in [0.15, 0.2) is 54.6 Å². The minimum Gasteiger partial charge on any atom is -0.508 e. The maximum atomic E-state index is 13.0. The summed E-state index contributed by atoms with van der Waals surface area (Å²) in [5.74, 6) is -2.68. The van der Waals surface area contributed by atoms with Crippen LogP contribution < -0.4 is 0 Å². The zero-order valence-electron chi connectivity index (χ0n) is 12.6. The summed E-state index contributed by atoms with van der Waals surface area (Å²) in [6.45, 7) is 0. The van der Waals surface area contributed by atoms with Gasteiger partial charge in [-0.05, 0) is 47.5 Å². The summed E-state index contributed by atoms with van der Waals surface area (Å²) in [5.41, 5.74) is 1.04. The Balaban J connectivity index is 1.91. The Morgan fingerprint density at radius 2 is 1.38 bits per heavy atom. The van der Waals surface area contributed by atoms with Gasteiger partial charge in [0.1, 0.15) is 5.75 Å². The van der Waals surface area contributed by atoms with Gasteiger partial charge in [-0.15, -0.1) is 0 Å². The second kappa shape index (κ2) is 7.97. The maximum Gasteiger partial charge on any atom is 0.163 e. The maximum absolute atomic E-state index is 13.0. The summed E-state index contributed by atoms with van der Waals surface area (Å²) in [7, 11) is 0. The van der Waals surface area contributed by atoms with E-state index in [4.69, 9.17) is 5.11 Å². The molecule has 0 aliphatic heterocycles. The SMILES string of the molecule is O=C(C=Cc1ccc(O)cc1)CC(=O)C=Cc1ccc(F)c(F)c1. The second-order valence-electron chi connectivity index (χ2n) is 5.04. The number of aromatic hydroxyl groups is 1. The molecule has 0 heterocycles. The Morgan fingerprint density at radius 3 is 1.96 bits per heavy atom. The molecule has 0 radical (unpaired) electrons. The number of halogens is 2. The Bertz CT molecular complexity index is 806. The second-order valence-corrected chi connectivity index (χ2v) is 5.04. The van der Waals surface area contributed by atoms with Crippen LogP contribution in [0, 0.1) is 11.6 Å². The fraction of sp³-hybridized carbons (Fsp3) is 0.0526. The van der Waals surface area contributed by atoms with Crippen LogP contribution in [0.25, 0.3) is 12.2 Å². The molecule has 2 aromatic rings. The standard InChI is InChI=1S/C19H14F2O3/c20-18-10-5-14(11-19(18)21)4-9-17(24)12-16(23)8-3-13-1-6-15(22)7-2-13/h1-11,22H,12H2. The molecule has 3 nitrogen and oxygen atoms in total. The number of phenols is 1. The van der Waals surface area contributed by atoms with Gasteiger partial charge in [0, 0.05) is 0 Å². The molecule has 0 amide bonds. The fourth-order valence-electron chi connectivity index (χ4n) is 1.87. The normalized spacial score (nSPS) is 11.2. The van der Waals surface area contributed by atoms with Crippen molar-refractivity contribution >= 4 is 23.7 Å². The number of carbonyl (C=O) groups is 2. The van der Waals surface area contributed by atoms with Gasteiger partial charge in [0.15, 0.2) is 23.2 Å². The summed E-state index contributed by atoms with van der Waals surface area (Å²) in [4.78, 5) is 23.4. The van der Waals surface area contributed by atoms with Gasteiger partial charge in [-0.2, -0.15) is 0 Å². The van der Waals surface area contributed by atoms with Crippen molar-refractivity contribution in [2.24, 2.45) is 0 Å². The molecule has 0 saturated carbocycles. The van der Waals surface area contributed by atoms with Crippen LogP contribution in [0.4, 0.5) is 8.78 Å². The van der Waals surface area contributed by atoms with Crippen LogP contribution in [-0.2, 0) is 9.59 Å². The lowest BCUT2D eigenvalue weighted by molar-refractivity contribution is -0.121. The van der Waals surface area contributed by atoms with Crippen LogP contribution in [0.1, 0.15) is 17.5 Å². The van der Waals surface area contributed by atoms with Gasteiger partial charge in [-0.25, -0.2) is 8.78 Å². The molecule has 0 bridgehead atoms. The van der Waals surface area contributed by atoms with Gasteiger partial charge in [0.2, 0.25) is 0 Å². The van der Waals surface area contributed by atoms with Gasteiger partial charge in [0.25, 0.3) is 0 Å². The third-order valence-electron chi connectivity index (χ3n) is 3.11. The summed E-state index contributed by atoms with van der Waals surface area (Å²) in [6.07, 6.45) is 4.96. The molecule has 0 aromatic heterocycles. The van der Waals surface area contributed by atoms with Crippen molar-refractivity contribution in [1.82, 2.24) is 0 Å². The summed E-state index contributed by atoms with van der Waals surface area (Å²) >= 11 is 0. The van der Waals surface area contributed by atoms with E-state index in [0.29, 0.717) is 11.1 Å². The van der Waals surface area contributed by atoms with Gasteiger partial charge in [-0.1, -0.05) is 30.4 Å². The van der Waals surface area contributed by atoms with Crippen molar-refractivity contribution in [3.05, 3.63) is 77.4 Å². The van der Waals surface area contributed by atoms with Crippen LogP contribution in [-0.4, -0.2) is 16.7 Å². The van der Waals surface area contributed by atoms with Gasteiger partial charge in [0.05, 0.1) is 6.42 Å². The van der Waals surface area contributed by atoms with Crippen molar-refractivity contribution in [3.8, 4) is 5.75 Å². The van der Waals surface area contributed by atoms with Crippen LogP contribution in [0.2, 0.25) is 0 Å². The number of phenolic OH excluding ortho intramolecular Hbond substituents is 1. The molecule has 0 unspecified atom stereocenters. The smallest absolute Gasteiger partial charge is 0.163 e.